The van der Waals surface area contributed by atoms with E-state index >= 15 is 0 Å². The second-order valence-electron chi connectivity index (χ2n) is 9.78. The molecule has 0 aliphatic heterocycles. The molecule has 0 aromatic rings. The third-order valence-corrected chi connectivity index (χ3v) is 8.93. The summed E-state index contributed by atoms with van der Waals surface area (Å²) in [6.45, 7) is 13.2. The molecule has 4 rings (SSSR count). The van der Waals surface area contributed by atoms with Gasteiger partial charge in [-0.05, 0) is 48.3 Å². The molecule has 4 aliphatic carbocycles. The first kappa shape index (κ1) is 14.7. The van der Waals surface area contributed by atoms with Crippen molar-refractivity contribution in [1.29, 1.82) is 0 Å². The number of hydrogen-bond acceptors (Lipinski definition) is 2. The maximum absolute atomic E-state index is 13.2. The molecule has 0 unspecified atom stereocenters. The Morgan fingerprint density at radius 3 is 1.23 bits per heavy atom. The van der Waals surface area contributed by atoms with Gasteiger partial charge in [0.15, 0.2) is 11.6 Å². The molecule has 0 amide bonds. The van der Waals surface area contributed by atoms with Crippen molar-refractivity contribution in [2.45, 2.75) is 67.2 Å². The Balaban J connectivity index is 1.95. The number of carbonyl (C=O) groups is 2. The molecule has 4 aliphatic rings. The van der Waals surface area contributed by atoms with Crippen LogP contribution in [0.1, 0.15) is 67.2 Å². The minimum atomic E-state index is -0.257. The summed E-state index contributed by atoms with van der Waals surface area (Å²) < 4.78 is 0. The minimum Gasteiger partial charge on any atom is -0.294 e. The van der Waals surface area contributed by atoms with E-state index in [9.17, 15) is 9.59 Å². The second-order valence-corrected chi connectivity index (χ2v) is 9.78. The molecule has 0 aromatic heterocycles. The summed E-state index contributed by atoms with van der Waals surface area (Å²) in [5.74, 6) is 1.18. The zero-order valence-electron chi connectivity index (χ0n) is 14.8. The van der Waals surface area contributed by atoms with E-state index in [1.165, 1.54) is 0 Å². The average Bonchev–Trinajstić information content (AvgIpc) is 2.90. The van der Waals surface area contributed by atoms with Gasteiger partial charge in [0.05, 0.1) is 0 Å². The summed E-state index contributed by atoms with van der Waals surface area (Å²) in [6, 6.07) is 0. The van der Waals surface area contributed by atoms with Crippen molar-refractivity contribution in [3.63, 3.8) is 0 Å². The van der Waals surface area contributed by atoms with Crippen LogP contribution in [0.25, 0.3) is 0 Å². The first-order valence-electron chi connectivity index (χ1n) is 8.84. The van der Waals surface area contributed by atoms with Crippen LogP contribution in [-0.4, -0.2) is 11.6 Å². The predicted octanol–water partition coefficient (Wildman–Crippen LogP) is 4.33. The fraction of sp³-hybridized carbons (Fsp3) is 0.800. The Labute approximate surface area is 133 Å². The van der Waals surface area contributed by atoms with E-state index in [0.29, 0.717) is 23.4 Å². The second kappa shape index (κ2) is 3.60. The van der Waals surface area contributed by atoms with E-state index < -0.39 is 0 Å². The predicted molar refractivity (Wildman–Crippen MR) is 86.3 cm³/mol. The molecule has 120 valence electrons. The van der Waals surface area contributed by atoms with Gasteiger partial charge >= 0.3 is 0 Å². The Bertz CT molecular complexity index is 595. The highest BCUT2D eigenvalue weighted by atomic mass is 16.1. The van der Waals surface area contributed by atoms with Crippen molar-refractivity contribution in [2.75, 3.05) is 0 Å². The molecule has 0 aromatic carbocycles. The molecule has 0 N–H and O–H groups in total. The summed E-state index contributed by atoms with van der Waals surface area (Å²) in [5.41, 5.74) is 1.38. The van der Waals surface area contributed by atoms with Crippen LogP contribution in [0.3, 0.4) is 0 Å². The van der Waals surface area contributed by atoms with E-state index in [1.807, 2.05) is 0 Å². The Hall–Kier alpha value is -0.920. The van der Waals surface area contributed by atoms with Crippen LogP contribution in [0.15, 0.2) is 11.1 Å². The molecular weight excluding hydrogens is 272 g/mol. The highest BCUT2D eigenvalue weighted by molar-refractivity contribution is 6.15. The molecule has 0 heterocycles. The van der Waals surface area contributed by atoms with Crippen LogP contribution in [0.5, 0.6) is 0 Å². The Morgan fingerprint density at radius 1 is 0.682 bits per heavy atom. The van der Waals surface area contributed by atoms with Gasteiger partial charge in [-0.1, -0.05) is 41.5 Å². The fourth-order valence-electron chi connectivity index (χ4n) is 6.35. The minimum absolute atomic E-state index is 0.000419. The van der Waals surface area contributed by atoms with Crippen LogP contribution >= 0.6 is 0 Å². The lowest BCUT2D eigenvalue weighted by molar-refractivity contribution is -0.127. The molecule has 4 bridgehead atoms. The van der Waals surface area contributed by atoms with Gasteiger partial charge in [0.1, 0.15) is 0 Å². The molecular formula is C20H28O2. The van der Waals surface area contributed by atoms with Gasteiger partial charge in [0.2, 0.25) is 0 Å². The van der Waals surface area contributed by atoms with Gasteiger partial charge in [-0.25, -0.2) is 0 Å². The Morgan fingerprint density at radius 2 is 1.00 bits per heavy atom. The fourth-order valence-corrected chi connectivity index (χ4v) is 6.35. The van der Waals surface area contributed by atoms with Gasteiger partial charge in [0.25, 0.3) is 0 Å². The number of ketones is 2. The van der Waals surface area contributed by atoms with E-state index in [-0.39, 0.29) is 21.7 Å². The van der Waals surface area contributed by atoms with E-state index in [1.54, 1.807) is 0 Å². The van der Waals surface area contributed by atoms with Crippen molar-refractivity contribution < 1.29 is 9.59 Å². The molecule has 4 saturated carbocycles. The van der Waals surface area contributed by atoms with Crippen LogP contribution in [0.2, 0.25) is 0 Å². The largest absolute Gasteiger partial charge is 0.294 e. The summed E-state index contributed by atoms with van der Waals surface area (Å²) in [6.07, 6.45) is 4.12. The van der Waals surface area contributed by atoms with Gasteiger partial charge < -0.3 is 0 Å². The van der Waals surface area contributed by atoms with Crippen LogP contribution in [0.4, 0.5) is 0 Å². The van der Waals surface area contributed by atoms with Gasteiger partial charge in [-0.2, -0.15) is 0 Å². The quantitative estimate of drug-likeness (QED) is 0.624. The third kappa shape index (κ3) is 1.17. The highest BCUT2D eigenvalue weighted by Crippen LogP contribution is 2.71. The standard InChI is InChI=1S/C20H28O2/c1-17(2)11-7-9-19(17,5)15(21)13(11)14-12-8-10-20(6,16(14)22)18(12,3)4/h11-12H,7-10H2,1-6H3/b14-13+/t11-,12-,19-,20-/m0/s1. The zero-order chi connectivity index (χ0) is 16.3. The summed E-state index contributed by atoms with van der Waals surface area (Å²) in [4.78, 5) is 26.4. The third-order valence-electron chi connectivity index (χ3n) is 8.93. The van der Waals surface area contributed by atoms with Gasteiger partial charge in [-0.3, -0.25) is 9.59 Å². The lowest BCUT2D eigenvalue weighted by Crippen LogP contribution is -2.33. The van der Waals surface area contributed by atoms with Crippen molar-refractivity contribution in [3.8, 4) is 0 Å². The monoisotopic (exact) mass is 300 g/mol. The summed E-state index contributed by atoms with van der Waals surface area (Å²) in [7, 11) is 0. The molecule has 4 fully saturated rings. The SMILES string of the molecule is CC1(C)[C@H]2CC[C@@]1(C)C(=O)/C2=C1/C(=O)[C@]2(C)CC[C@@H]1C2(C)C. The van der Waals surface area contributed by atoms with Crippen molar-refractivity contribution in [3.05, 3.63) is 11.1 Å². The summed E-state index contributed by atoms with van der Waals surface area (Å²) >= 11 is 0. The first-order chi connectivity index (χ1) is 10.00. The molecule has 0 radical (unpaired) electrons. The topological polar surface area (TPSA) is 34.1 Å². The van der Waals surface area contributed by atoms with E-state index in [4.69, 9.17) is 0 Å². The van der Waals surface area contributed by atoms with Gasteiger partial charge in [0, 0.05) is 22.0 Å². The lowest BCUT2D eigenvalue weighted by atomic mass is 9.70. The maximum Gasteiger partial charge on any atom is 0.165 e. The Kier molecular flexibility index (Phi) is 2.40. The highest BCUT2D eigenvalue weighted by Gasteiger charge is 2.70. The molecule has 2 nitrogen and oxygen atoms in total. The lowest BCUT2D eigenvalue weighted by Gasteiger charge is -2.31. The van der Waals surface area contributed by atoms with Gasteiger partial charge in [-0.15, -0.1) is 0 Å². The number of allylic oxidation sites excluding steroid dienone is 2. The van der Waals surface area contributed by atoms with Crippen LogP contribution in [-0.2, 0) is 9.59 Å². The van der Waals surface area contributed by atoms with Crippen molar-refractivity contribution >= 4 is 11.6 Å². The maximum atomic E-state index is 13.2. The molecule has 22 heavy (non-hydrogen) atoms. The van der Waals surface area contributed by atoms with E-state index in [0.717, 1.165) is 36.8 Å². The molecule has 0 saturated heterocycles. The molecule has 2 heteroatoms. The average molecular weight is 300 g/mol. The zero-order valence-corrected chi connectivity index (χ0v) is 14.8. The molecule has 4 atom stereocenters. The number of Topliss-reactive ketones (excluding diaryl/α,β-unsaturated/α-hetero) is 2. The summed E-state index contributed by atoms with van der Waals surface area (Å²) in [5, 5.41) is 0. The first-order valence-corrected chi connectivity index (χ1v) is 8.84. The van der Waals surface area contributed by atoms with Crippen molar-refractivity contribution in [2.24, 2.45) is 33.5 Å². The normalized spacial score (nSPS) is 51.2. The van der Waals surface area contributed by atoms with Crippen LogP contribution < -0.4 is 0 Å². The van der Waals surface area contributed by atoms with Crippen molar-refractivity contribution in [1.82, 2.24) is 0 Å². The number of fused-ring (bicyclic) bond motifs is 4. The number of hydrogen-bond donors (Lipinski definition) is 0. The number of carbonyl (C=O) groups excluding carboxylic acids is 2. The van der Waals surface area contributed by atoms with Crippen LogP contribution in [0, 0.1) is 33.5 Å². The molecule has 0 spiro atoms. The smallest absolute Gasteiger partial charge is 0.165 e. The number of rotatable bonds is 0. The van der Waals surface area contributed by atoms with E-state index in [2.05, 4.69) is 41.5 Å².